The van der Waals surface area contributed by atoms with E-state index in [1.54, 1.807) is 0 Å². The van der Waals surface area contributed by atoms with Gasteiger partial charge in [-0.15, -0.1) is 0 Å². The number of carbonyl (C=O) groups excluding carboxylic acids is 1. The van der Waals surface area contributed by atoms with Gasteiger partial charge in [0.05, 0.1) is 39.9 Å². The molecule has 0 heterocycles. The molecular weight excluding hydrogens is 1120 g/mol. The van der Waals surface area contributed by atoms with Gasteiger partial charge in [0.15, 0.2) is 0 Å². The van der Waals surface area contributed by atoms with E-state index in [1.165, 1.54) is 148 Å². The zero-order valence-corrected chi connectivity index (χ0v) is 59.2. The summed E-state index contributed by atoms with van der Waals surface area (Å²) < 4.78 is 23.5. The van der Waals surface area contributed by atoms with E-state index in [0.717, 1.165) is 128 Å². The number of unbranched alkanes of at least 4 members (excludes halogenated alkanes) is 29. The van der Waals surface area contributed by atoms with E-state index in [1.807, 2.05) is 21.1 Å². The first-order valence-corrected chi connectivity index (χ1v) is 38.1. The summed E-state index contributed by atoms with van der Waals surface area (Å²) in [5.41, 5.74) is 0. The number of allylic oxidation sites excluding steroid dienone is 24. The second-order valence-corrected chi connectivity index (χ2v) is 27.0. The fraction of sp³-hybridized carbons (Fsp3) is 0.688. The number of phosphoric acid groups is 1. The Morgan fingerprint density at radius 1 is 0.404 bits per heavy atom. The van der Waals surface area contributed by atoms with Gasteiger partial charge in [0.1, 0.15) is 13.2 Å². The lowest BCUT2D eigenvalue weighted by Crippen LogP contribution is -2.46. The third-order valence-electron chi connectivity index (χ3n) is 15.8. The molecule has 0 aromatic rings. The molecule has 3 atom stereocenters. The van der Waals surface area contributed by atoms with Crippen molar-refractivity contribution in [2.24, 2.45) is 0 Å². The lowest BCUT2D eigenvalue weighted by Gasteiger charge is -2.30. The van der Waals surface area contributed by atoms with Crippen LogP contribution in [0.4, 0.5) is 0 Å². The van der Waals surface area contributed by atoms with Crippen molar-refractivity contribution in [3.05, 3.63) is 146 Å². The maximum absolute atomic E-state index is 13.1. The highest BCUT2D eigenvalue weighted by molar-refractivity contribution is 7.45. The molecule has 0 rings (SSSR count). The Morgan fingerprint density at radius 2 is 0.685 bits per heavy atom. The highest BCUT2D eigenvalue weighted by Gasteiger charge is 2.24. The first-order chi connectivity index (χ1) is 43.5. The fourth-order valence-electron chi connectivity index (χ4n) is 10.2. The molecule has 89 heavy (non-hydrogen) atoms. The summed E-state index contributed by atoms with van der Waals surface area (Å²) in [4.78, 5) is 25.7. The number of phosphoric ester groups is 1. The standard InChI is InChI=1S/C80H139N2O6P/c1-6-8-10-12-14-16-18-20-22-24-26-28-30-32-34-35-36-37-38-39-40-41-42-43-44-45-46-47-48-50-52-54-56-58-60-62-64-66-68-70-72-74-80(84)81-78(77-88-89(85,86)87-76-75-82(3,4)5)79(83)73-71-69-67-65-63-61-59-57-55-53-51-49-33-31-29-27-25-23-21-19-17-15-13-11-9-7-2/h8,10,14,16,20,22,26,28,32,34,36-37,39-40,42-43,45-46,48,50,54,56,60,62,78-79,83H,6-7,9,11-13,15,17-19,21,23-25,27,29-31,33,35,38,41,44,47,49,51-53,55,57-59,61,63-77H2,1-5H3,(H-,81,84,85,86)/b10-8-,16-14-,22-20-,28-26-,34-32-,37-36-,40-39-,43-42-,46-45-,50-48-,56-54-,62-60-. The Hall–Kier alpha value is -3.62. The van der Waals surface area contributed by atoms with Crippen molar-refractivity contribution in [1.82, 2.24) is 5.32 Å². The quantitative estimate of drug-likeness (QED) is 0.0272. The summed E-state index contributed by atoms with van der Waals surface area (Å²) in [6.45, 7) is 4.60. The maximum atomic E-state index is 13.1. The van der Waals surface area contributed by atoms with Gasteiger partial charge in [0.2, 0.25) is 5.91 Å². The predicted molar refractivity (Wildman–Crippen MR) is 389 cm³/mol. The average molecular weight is 1260 g/mol. The van der Waals surface area contributed by atoms with Crippen LogP contribution in [0.15, 0.2) is 146 Å². The number of hydrogen-bond donors (Lipinski definition) is 2. The Balaban J connectivity index is 4.15. The van der Waals surface area contributed by atoms with Crippen LogP contribution in [0.2, 0.25) is 0 Å². The smallest absolute Gasteiger partial charge is 0.268 e. The van der Waals surface area contributed by atoms with Crippen molar-refractivity contribution < 1.29 is 32.9 Å². The van der Waals surface area contributed by atoms with Gasteiger partial charge in [0, 0.05) is 6.42 Å². The molecule has 0 aliphatic rings. The number of carbonyl (C=O) groups is 1. The molecule has 510 valence electrons. The van der Waals surface area contributed by atoms with E-state index < -0.39 is 20.0 Å². The van der Waals surface area contributed by atoms with Gasteiger partial charge in [-0.05, 0) is 103 Å². The summed E-state index contributed by atoms with van der Waals surface area (Å²) >= 11 is 0. The van der Waals surface area contributed by atoms with E-state index >= 15 is 0 Å². The van der Waals surface area contributed by atoms with Gasteiger partial charge in [-0.1, -0.05) is 339 Å². The summed E-state index contributed by atoms with van der Waals surface area (Å²) in [6.07, 6.45) is 105. The number of nitrogens with zero attached hydrogens (tertiary/aromatic N) is 1. The van der Waals surface area contributed by atoms with E-state index in [-0.39, 0.29) is 19.1 Å². The average Bonchev–Trinajstić information content (AvgIpc) is 3.61. The third kappa shape index (κ3) is 71.7. The van der Waals surface area contributed by atoms with Crippen LogP contribution in [-0.2, 0) is 18.4 Å². The molecule has 1 amide bonds. The normalized spacial score (nSPS) is 14.5. The molecule has 0 saturated carbocycles. The molecule has 2 N–H and O–H groups in total. The molecule has 0 aliphatic carbocycles. The minimum atomic E-state index is -4.60. The Bertz CT molecular complexity index is 1960. The van der Waals surface area contributed by atoms with Crippen molar-refractivity contribution in [2.45, 2.75) is 315 Å². The van der Waals surface area contributed by atoms with Gasteiger partial charge >= 0.3 is 0 Å². The van der Waals surface area contributed by atoms with Crippen LogP contribution in [0.5, 0.6) is 0 Å². The Kier molecular flexibility index (Phi) is 65.9. The minimum Gasteiger partial charge on any atom is -0.756 e. The van der Waals surface area contributed by atoms with Crippen molar-refractivity contribution in [2.75, 3.05) is 40.9 Å². The number of aliphatic hydroxyl groups excluding tert-OH is 1. The fourth-order valence-corrected chi connectivity index (χ4v) is 10.9. The molecule has 0 radical (unpaired) electrons. The molecule has 0 spiro atoms. The van der Waals surface area contributed by atoms with Crippen LogP contribution in [-0.4, -0.2) is 68.5 Å². The molecule has 9 heteroatoms. The Labute approximate surface area is 550 Å². The monoisotopic (exact) mass is 1260 g/mol. The minimum absolute atomic E-state index is 0.0000308. The highest BCUT2D eigenvalue weighted by atomic mass is 31.2. The van der Waals surface area contributed by atoms with Crippen LogP contribution in [0.25, 0.3) is 0 Å². The molecule has 0 bridgehead atoms. The van der Waals surface area contributed by atoms with Crippen LogP contribution < -0.4 is 10.2 Å². The summed E-state index contributed by atoms with van der Waals surface area (Å²) in [6, 6.07) is -0.827. The number of aliphatic hydroxyl groups is 1. The molecule has 0 fully saturated rings. The molecule has 0 aromatic heterocycles. The summed E-state index contributed by atoms with van der Waals surface area (Å²) in [7, 11) is 1.27. The second-order valence-electron chi connectivity index (χ2n) is 25.6. The second kappa shape index (κ2) is 68.7. The lowest BCUT2D eigenvalue weighted by atomic mass is 10.0. The Morgan fingerprint density at radius 3 is 1.00 bits per heavy atom. The molecule has 0 aliphatic heterocycles. The van der Waals surface area contributed by atoms with E-state index in [2.05, 4.69) is 165 Å². The largest absolute Gasteiger partial charge is 0.756 e. The van der Waals surface area contributed by atoms with Gasteiger partial charge in [-0.2, -0.15) is 0 Å². The molecule has 0 aromatic carbocycles. The van der Waals surface area contributed by atoms with Crippen LogP contribution >= 0.6 is 7.82 Å². The number of hydrogen-bond acceptors (Lipinski definition) is 6. The number of likely N-dealkylation sites (N-methyl/N-ethyl adjacent to an activating group) is 1. The SMILES string of the molecule is CC/C=C\C/C=C\C/C=C\C/C=C\C/C=C\C/C=C\C/C=C\C/C=C\C/C=C\C/C=C\C/C=C\C/C=C\CCCCCCC(=O)NC(COP(=O)([O-])OCC[N+](C)(C)C)C(O)CCCCCCCCCCCCCCCCCCCCCCCCCCCC. The summed E-state index contributed by atoms with van der Waals surface area (Å²) in [5, 5.41) is 14.1. The van der Waals surface area contributed by atoms with Gasteiger partial charge in [0.25, 0.3) is 7.82 Å². The predicted octanol–water partition coefficient (Wildman–Crippen LogP) is 23.3. The number of amides is 1. The van der Waals surface area contributed by atoms with Gasteiger partial charge in [-0.3, -0.25) is 9.36 Å². The number of quaternary nitrogens is 1. The van der Waals surface area contributed by atoms with E-state index in [4.69, 9.17) is 9.05 Å². The molecule has 3 unspecified atom stereocenters. The number of nitrogens with one attached hydrogen (secondary N) is 1. The van der Waals surface area contributed by atoms with E-state index in [0.29, 0.717) is 23.9 Å². The first-order valence-electron chi connectivity index (χ1n) is 36.7. The first kappa shape index (κ1) is 85.4. The topological polar surface area (TPSA) is 108 Å². The highest BCUT2D eigenvalue weighted by Crippen LogP contribution is 2.38. The van der Waals surface area contributed by atoms with Gasteiger partial charge in [-0.25, -0.2) is 0 Å². The van der Waals surface area contributed by atoms with Crippen molar-refractivity contribution >= 4 is 13.7 Å². The molecular formula is C80H139N2O6P. The third-order valence-corrected chi connectivity index (χ3v) is 16.8. The van der Waals surface area contributed by atoms with Crippen molar-refractivity contribution in [1.29, 1.82) is 0 Å². The maximum Gasteiger partial charge on any atom is 0.268 e. The zero-order chi connectivity index (χ0) is 64.8. The number of rotatable bonds is 66. The van der Waals surface area contributed by atoms with Crippen LogP contribution in [0, 0.1) is 0 Å². The van der Waals surface area contributed by atoms with Gasteiger partial charge < -0.3 is 28.8 Å². The molecule has 0 saturated heterocycles. The zero-order valence-electron chi connectivity index (χ0n) is 58.3. The van der Waals surface area contributed by atoms with Crippen LogP contribution in [0.3, 0.4) is 0 Å². The van der Waals surface area contributed by atoms with Crippen molar-refractivity contribution in [3.63, 3.8) is 0 Å². The molecule has 8 nitrogen and oxygen atoms in total. The van der Waals surface area contributed by atoms with Crippen LogP contribution in [0.1, 0.15) is 303 Å². The summed E-state index contributed by atoms with van der Waals surface area (Å²) in [5.74, 6) is -0.191. The van der Waals surface area contributed by atoms with E-state index in [9.17, 15) is 19.4 Å². The van der Waals surface area contributed by atoms with Crippen molar-refractivity contribution in [3.8, 4) is 0 Å². The lowest BCUT2D eigenvalue weighted by molar-refractivity contribution is -0.870.